The van der Waals surface area contributed by atoms with E-state index in [0.717, 1.165) is 21.2 Å². The van der Waals surface area contributed by atoms with Gasteiger partial charge in [0, 0.05) is 5.56 Å². The molecule has 0 unspecified atom stereocenters. The standard InChI is InChI=1S/C14H17N3OS2/c1-5-19-14-17-16-13(20-14)15-12(18)11-7-9(3)8(2)6-10(11)4/h6-7H,5H2,1-4H3,(H,15,16,18). The van der Waals surface area contributed by atoms with Crippen LogP contribution >= 0.6 is 23.1 Å². The van der Waals surface area contributed by atoms with Crippen LogP contribution in [-0.4, -0.2) is 21.9 Å². The minimum Gasteiger partial charge on any atom is -0.296 e. The minimum absolute atomic E-state index is 0.130. The maximum Gasteiger partial charge on any atom is 0.257 e. The molecule has 1 aromatic heterocycles. The second-order valence-corrected chi connectivity index (χ2v) is 7.00. The Kier molecular flexibility index (Phi) is 4.77. The molecule has 6 heteroatoms. The van der Waals surface area contributed by atoms with E-state index in [1.807, 2.05) is 32.9 Å². The van der Waals surface area contributed by atoms with Crippen molar-refractivity contribution in [2.75, 3.05) is 11.1 Å². The number of hydrogen-bond acceptors (Lipinski definition) is 5. The van der Waals surface area contributed by atoms with Gasteiger partial charge in [0.25, 0.3) is 5.91 Å². The molecule has 1 N–H and O–H groups in total. The second-order valence-electron chi connectivity index (χ2n) is 4.51. The van der Waals surface area contributed by atoms with Gasteiger partial charge in [0.15, 0.2) is 4.34 Å². The van der Waals surface area contributed by atoms with Crippen molar-refractivity contribution in [1.82, 2.24) is 10.2 Å². The molecule has 0 aliphatic rings. The maximum absolute atomic E-state index is 12.3. The van der Waals surface area contributed by atoms with Crippen molar-refractivity contribution >= 4 is 34.1 Å². The number of carbonyl (C=O) groups excluding carboxylic acids is 1. The lowest BCUT2D eigenvalue weighted by Crippen LogP contribution is -2.13. The molecule has 0 aliphatic carbocycles. The number of carbonyl (C=O) groups is 1. The second kappa shape index (κ2) is 6.37. The van der Waals surface area contributed by atoms with Crippen LogP contribution in [0.5, 0.6) is 0 Å². The lowest BCUT2D eigenvalue weighted by atomic mass is 10.0. The van der Waals surface area contributed by atoms with Gasteiger partial charge in [-0.25, -0.2) is 0 Å². The Morgan fingerprint density at radius 3 is 2.60 bits per heavy atom. The third-order valence-electron chi connectivity index (χ3n) is 2.98. The molecule has 1 heterocycles. The molecule has 0 fully saturated rings. The zero-order chi connectivity index (χ0) is 14.7. The Morgan fingerprint density at radius 1 is 1.20 bits per heavy atom. The van der Waals surface area contributed by atoms with Gasteiger partial charge in [0.2, 0.25) is 5.13 Å². The Morgan fingerprint density at radius 2 is 1.90 bits per heavy atom. The van der Waals surface area contributed by atoms with Crippen LogP contribution in [0.25, 0.3) is 0 Å². The summed E-state index contributed by atoms with van der Waals surface area (Å²) in [5, 5.41) is 11.4. The molecular formula is C14H17N3OS2. The highest BCUT2D eigenvalue weighted by Gasteiger charge is 2.13. The third-order valence-corrected chi connectivity index (χ3v) is 4.83. The first-order valence-electron chi connectivity index (χ1n) is 6.36. The van der Waals surface area contributed by atoms with Crippen LogP contribution in [0.1, 0.15) is 34.0 Å². The predicted octanol–water partition coefficient (Wildman–Crippen LogP) is 3.83. The molecule has 0 saturated heterocycles. The van der Waals surface area contributed by atoms with E-state index >= 15 is 0 Å². The lowest BCUT2D eigenvalue weighted by Gasteiger charge is -2.08. The molecule has 0 bridgehead atoms. The fraction of sp³-hybridized carbons (Fsp3) is 0.357. The van der Waals surface area contributed by atoms with Crippen molar-refractivity contribution < 1.29 is 4.79 Å². The largest absolute Gasteiger partial charge is 0.296 e. The van der Waals surface area contributed by atoms with E-state index < -0.39 is 0 Å². The third kappa shape index (κ3) is 3.37. The topological polar surface area (TPSA) is 54.9 Å². The number of thioether (sulfide) groups is 1. The molecule has 106 valence electrons. The summed E-state index contributed by atoms with van der Waals surface area (Å²) in [5.41, 5.74) is 3.96. The minimum atomic E-state index is -0.130. The van der Waals surface area contributed by atoms with Crippen LogP contribution in [0.3, 0.4) is 0 Å². The van der Waals surface area contributed by atoms with Gasteiger partial charge in [0.05, 0.1) is 0 Å². The summed E-state index contributed by atoms with van der Waals surface area (Å²) in [6, 6.07) is 3.95. The van der Waals surface area contributed by atoms with E-state index in [0.29, 0.717) is 10.7 Å². The fourth-order valence-corrected chi connectivity index (χ4v) is 3.46. The van der Waals surface area contributed by atoms with E-state index in [1.165, 1.54) is 16.9 Å². The summed E-state index contributed by atoms with van der Waals surface area (Å²) in [6.45, 7) is 8.05. The van der Waals surface area contributed by atoms with Crippen LogP contribution in [0.15, 0.2) is 16.5 Å². The maximum atomic E-state index is 12.3. The number of amides is 1. The number of rotatable bonds is 4. The smallest absolute Gasteiger partial charge is 0.257 e. The molecule has 4 nitrogen and oxygen atoms in total. The van der Waals surface area contributed by atoms with E-state index in [4.69, 9.17) is 0 Å². The van der Waals surface area contributed by atoms with Crippen LogP contribution in [0.4, 0.5) is 5.13 Å². The highest BCUT2D eigenvalue weighted by atomic mass is 32.2. The molecule has 1 amide bonds. The Labute approximate surface area is 127 Å². The average Bonchev–Trinajstić information content (AvgIpc) is 2.81. The van der Waals surface area contributed by atoms with Crippen molar-refractivity contribution in [3.05, 3.63) is 34.4 Å². The molecule has 2 aromatic rings. The number of nitrogens with one attached hydrogen (secondary N) is 1. The van der Waals surface area contributed by atoms with Gasteiger partial charge >= 0.3 is 0 Å². The van der Waals surface area contributed by atoms with E-state index in [-0.39, 0.29) is 5.91 Å². The van der Waals surface area contributed by atoms with Crippen LogP contribution in [0.2, 0.25) is 0 Å². The number of nitrogens with zero attached hydrogens (tertiary/aromatic N) is 2. The van der Waals surface area contributed by atoms with Gasteiger partial charge in [-0.05, 0) is 49.3 Å². The van der Waals surface area contributed by atoms with Crippen LogP contribution < -0.4 is 5.32 Å². The number of aryl methyl sites for hydroxylation is 3. The van der Waals surface area contributed by atoms with Gasteiger partial charge in [0.1, 0.15) is 0 Å². The van der Waals surface area contributed by atoms with E-state index in [2.05, 4.69) is 22.4 Å². The SMILES string of the molecule is CCSc1nnc(NC(=O)c2cc(C)c(C)cc2C)s1. The van der Waals surface area contributed by atoms with E-state index in [1.54, 1.807) is 11.8 Å². The van der Waals surface area contributed by atoms with E-state index in [9.17, 15) is 4.79 Å². The normalized spacial score (nSPS) is 10.6. The molecule has 20 heavy (non-hydrogen) atoms. The quantitative estimate of drug-likeness (QED) is 0.689. The first-order valence-corrected chi connectivity index (χ1v) is 8.17. The zero-order valence-electron chi connectivity index (χ0n) is 12.0. The average molecular weight is 307 g/mol. The first kappa shape index (κ1) is 15.0. The Bertz CT molecular complexity index is 637. The summed E-state index contributed by atoms with van der Waals surface area (Å²) in [7, 11) is 0. The lowest BCUT2D eigenvalue weighted by molar-refractivity contribution is 0.102. The fourth-order valence-electron chi connectivity index (χ4n) is 1.81. The Balaban J connectivity index is 2.17. The summed E-state index contributed by atoms with van der Waals surface area (Å²) < 4.78 is 0.875. The Hall–Kier alpha value is -1.40. The van der Waals surface area contributed by atoms with Gasteiger partial charge < -0.3 is 0 Å². The molecule has 0 atom stereocenters. The van der Waals surface area contributed by atoms with Crippen LogP contribution in [0, 0.1) is 20.8 Å². The number of aromatic nitrogens is 2. The van der Waals surface area contributed by atoms with Crippen molar-refractivity contribution in [3.8, 4) is 0 Å². The molecule has 1 aromatic carbocycles. The van der Waals surface area contributed by atoms with Gasteiger partial charge in [-0.15, -0.1) is 10.2 Å². The summed E-state index contributed by atoms with van der Waals surface area (Å²) in [5.74, 6) is 0.813. The summed E-state index contributed by atoms with van der Waals surface area (Å²) in [4.78, 5) is 12.3. The summed E-state index contributed by atoms with van der Waals surface area (Å²) >= 11 is 3.02. The molecule has 0 saturated carbocycles. The highest BCUT2D eigenvalue weighted by Crippen LogP contribution is 2.25. The van der Waals surface area contributed by atoms with Gasteiger partial charge in [-0.1, -0.05) is 36.1 Å². The molecule has 2 rings (SSSR count). The molecule has 0 aliphatic heterocycles. The first-order chi connectivity index (χ1) is 9.51. The number of benzene rings is 1. The highest BCUT2D eigenvalue weighted by molar-refractivity contribution is 8.01. The monoisotopic (exact) mass is 307 g/mol. The molecule has 0 spiro atoms. The van der Waals surface area contributed by atoms with Crippen molar-refractivity contribution in [1.29, 1.82) is 0 Å². The predicted molar refractivity (Wildman–Crippen MR) is 84.9 cm³/mol. The van der Waals surface area contributed by atoms with Crippen molar-refractivity contribution in [3.63, 3.8) is 0 Å². The van der Waals surface area contributed by atoms with Gasteiger partial charge in [-0.2, -0.15) is 0 Å². The summed E-state index contributed by atoms with van der Waals surface area (Å²) in [6.07, 6.45) is 0. The van der Waals surface area contributed by atoms with Crippen molar-refractivity contribution in [2.24, 2.45) is 0 Å². The molecule has 0 radical (unpaired) electrons. The van der Waals surface area contributed by atoms with Gasteiger partial charge in [-0.3, -0.25) is 10.1 Å². The number of hydrogen-bond donors (Lipinski definition) is 1. The number of anilines is 1. The zero-order valence-corrected chi connectivity index (χ0v) is 13.6. The molecular weight excluding hydrogens is 290 g/mol. The van der Waals surface area contributed by atoms with Crippen molar-refractivity contribution in [2.45, 2.75) is 32.0 Å². The van der Waals surface area contributed by atoms with Crippen LogP contribution in [-0.2, 0) is 0 Å².